The molecule has 0 radical (unpaired) electrons. The highest BCUT2D eigenvalue weighted by Gasteiger charge is 2.21. The summed E-state index contributed by atoms with van der Waals surface area (Å²) in [7, 11) is 0. The van der Waals surface area contributed by atoms with Gasteiger partial charge in [-0.3, -0.25) is 4.79 Å². The molecule has 0 bridgehead atoms. The summed E-state index contributed by atoms with van der Waals surface area (Å²) in [4.78, 5) is 12.6. The Morgan fingerprint density at radius 3 is 2.36 bits per heavy atom. The van der Waals surface area contributed by atoms with Crippen molar-refractivity contribution in [2.75, 3.05) is 0 Å². The van der Waals surface area contributed by atoms with Crippen LogP contribution in [0.4, 0.5) is 0 Å². The highest BCUT2D eigenvalue weighted by Crippen LogP contribution is 2.23. The number of rotatable bonds is 7. The number of nitrogens with one attached hydrogen (secondary N) is 1. The van der Waals surface area contributed by atoms with Crippen LogP contribution in [0.15, 0.2) is 42.5 Å². The van der Waals surface area contributed by atoms with E-state index < -0.39 is 6.10 Å². The average Bonchev–Trinajstić information content (AvgIpc) is 2.62. The average molecular weight is 339 g/mol. The first-order chi connectivity index (χ1) is 12.0. The predicted octanol–water partition coefficient (Wildman–Crippen LogP) is 4.90. The van der Waals surface area contributed by atoms with Crippen LogP contribution in [-0.2, 0) is 11.2 Å². The van der Waals surface area contributed by atoms with Crippen molar-refractivity contribution in [3.05, 3.63) is 64.7 Å². The predicted molar refractivity (Wildman–Crippen MR) is 103 cm³/mol. The molecular weight excluding hydrogens is 310 g/mol. The monoisotopic (exact) mass is 339 g/mol. The summed E-state index contributed by atoms with van der Waals surface area (Å²) in [6, 6.07) is 14.3. The molecule has 2 rings (SSSR count). The number of carbonyl (C=O) groups is 1. The lowest BCUT2D eigenvalue weighted by molar-refractivity contribution is -0.128. The molecule has 1 N–H and O–H groups in total. The second kappa shape index (κ2) is 8.70. The van der Waals surface area contributed by atoms with Gasteiger partial charge in [-0.25, -0.2) is 0 Å². The fourth-order valence-electron chi connectivity index (χ4n) is 2.76. The van der Waals surface area contributed by atoms with Gasteiger partial charge >= 0.3 is 0 Å². The second-order valence-corrected chi connectivity index (χ2v) is 6.54. The molecule has 0 fully saturated rings. The normalized spacial score (nSPS) is 13.2. The third kappa shape index (κ3) is 4.85. The van der Waals surface area contributed by atoms with Crippen molar-refractivity contribution in [3.63, 3.8) is 0 Å². The van der Waals surface area contributed by atoms with Gasteiger partial charge in [-0.15, -0.1) is 0 Å². The molecule has 134 valence electrons. The van der Waals surface area contributed by atoms with Gasteiger partial charge in [-0.05, 0) is 61.9 Å². The topological polar surface area (TPSA) is 38.3 Å². The standard InChI is InChI=1S/C22H29NO2/c1-6-18-11-13-19(14-12-18)17(5)23-22(24)20(7-2)25-21-10-8-9-15(3)16(21)4/h8-14,17,20H,6-7H2,1-5H3,(H,23,24)/t17-,20-/m0/s1. The summed E-state index contributed by atoms with van der Waals surface area (Å²) < 4.78 is 6.00. The first-order valence-corrected chi connectivity index (χ1v) is 9.08. The fraction of sp³-hybridized carbons (Fsp3) is 0.409. The first kappa shape index (κ1) is 19.0. The lowest BCUT2D eigenvalue weighted by Crippen LogP contribution is -2.39. The number of aryl methyl sites for hydroxylation is 2. The summed E-state index contributed by atoms with van der Waals surface area (Å²) >= 11 is 0. The molecule has 0 saturated heterocycles. The summed E-state index contributed by atoms with van der Waals surface area (Å²) in [6.45, 7) is 10.2. The van der Waals surface area contributed by atoms with Crippen molar-refractivity contribution in [2.45, 2.75) is 59.6 Å². The van der Waals surface area contributed by atoms with Crippen LogP contribution in [0.2, 0.25) is 0 Å². The van der Waals surface area contributed by atoms with E-state index in [1.807, 2.05) is 45.9 Å². The van der Waals surface area contributed by atoms with Crippen LogP contribution in [0.1, 0.15) is 55.5 Å². The smallest absolute Gasteiger partial charge is 0.261 e. The molecule has 2 aromatic carbocycles. The highest BCUT2D eigenvalue weighted by atomic mass is 16.5. The van der Waals surface area contributed by atoms with E-state index in [1.165, 1.54) is 5.56 Å². The van der Waals surface area contributed by atoms with Crippen LogP contribution < -0.4 is 10.1 Å². The van der Waals surface area contributed by atoms with Crippen molar-refractivity contribution in [3.8, 4) is 5.75 Å². The molecule has 0 aliphatic rings. The maximum atomic E-state index is 12.6. The SMILES string of the molecule is CCc1ccc([C@H](C)NC(=O)[C@H](CC)Oc2cccc(C)c2C)cc1. The number of amides is 1. The molecule has 1 amide bonds. The summed E-state index contributed by atoms with van der Waals surface area (Å²) in [5.74, 6) is 0.706. The van der Waals surface area contributed by atoms with E-state index in [0.717, 1.165) is 28.9 Å². The summed E-state index contributed by atoms with van der Waals surface area (Å²) in [5.41, 5.74) is 4.65. The van der Waals surface area contributed by atoms with Crippen LogP contribution in [0.25, 0.3) is 0 Å². The summed E-state index contributed by atoms with van der Waals surface area (Å²) in [5, 5.41) is 3.08. The Labute approximate surface area is 151 Å². The van der Waals surface area contributed by atoms with E-state index in [2.05, 4.69) is 36.5 Å². The molecule has 0 heterocycles. The number of benzene rings is 2. The number of hydrogen-bond acceptors (Lipinski definition) is 2. The number of ether oxygens (including phenoxy) is 1. The molecule has 0 aromatic heterocycles. The van der Waals surface area contributed by atoms with E-state index >= 15 is 0 Å². The van der Waals surface area contributed by atoms with Gasteiger partial charge < -0.3 is 10.1 Å². The van der Waals surface area contributed by atoms with Gasteiger partial charge in [0.2, 0.25) is 0 Å². The van der Waals surface area contributed by atoms with Gasteiger partial charge in [0, 0.05) is 0 Å². The highest BCUT2D eigenvalue weighted by molar-refractivity contribution is 5.81. The van der Waals surface area contributed by atoms with Gasteiger partial charge in [0.05, 0.1) is 6.04 Å². The van der Waals surface area contributed by atoms with Crippen LogP contribution in [0.5, 0.6) is 5.75 Å². The minimum absolute atomic E-state index is 0.0466. The van der Waals surface area contributed by atoms with Gasteiger partial charge in [-0.2, -0.15) is 0 Å². The molecule has 0 spiro atoms. The maximum absolute atomic E-state index is 12.6. The molecule has 0 aliphatic heterocycles. The third-order valence-electron chi connectivity index (χ3n) is 4.73. The zero-order valence-electron chi connectivity index (χ0n) is 15.9. The zero-order chi connectivity index (χ0) is 18.4. The summed E-state index contributed by atoms with van der Waals surface area (Å²) in [6.07, 6.45) is 1.15. The van der Waals surface area contributed by atoms with Gasteiger partial charge in [-0.1, -0.05) is 50.2 Å². The molecule has 2 atom stereocenters. The Kier molecular flexibility index (Phi) is 6.63. The van der Waals surface area contributed by atoms with E-state index in [4.69, 9.17) is 4.74 Å². The van der Waals surface area contributed by atoms with Crippen LogP contribution in [-0.4, -0.2) is 12.0 Å². The van der Waals surface area contributed by atoms with Crippen molar-refractivity contribution < 1.29 is 9.53 Å². The zero-order valence-corrected chi connectivity index (χ0v) is 15.9. The van der Waals surface area contributed by atoms with E-state index in [0.29, 0.717) is 6.42 Å². The Balaban J connectivity index is 2.04. The molecule has 2 aromatic rings. The Morgan fingerprint density at radius 2 is 1.76 bits per heavy atom. The molecule has 3 heteroatoms. The van der Waals surface area contributed by atoms with Gasteiger partial charge in [0.15, 0.2) is 6.10 Å². The van der Waals surface area contributed by atoms with E-state index in [1.54, 1.807) is 0 Å². The largest absolute Gasteiger partial charge is 0.480 e. The molecule has 0 unspecified atom stereocenters. The quantitative estimate of drug-likeness (QED) is 0.779. The lowest BCUT2D eigenvalue weighted by atomic mass is 10.0. The minimum Gasteiger partial charge on any atom is -0.480 e. The van der Waals surface area contributed by atoms with Crippen molar-refractivity contribution in [1.29, 1.82) is 0 Å². The molecular formula is C22H29NO2. The third-order valence-corrected chi connectivity index (χ3v) is 4.73. The lowest BCUT2D eigenvalue weighted by Gasteiger charge is -2.22. The Morgan fingerprint density at radius 1 is 1.08 bits per heavy atom. The molecule has 0 aliphatic carbocycles. The van der Waals surface area contributed by atoms with Crippen LogP contribution in [0.3, 0.4) is 0 Å². The fourth-order valence-corrected chi connectivity index (χ4v) is 2.76. The second-order valence-electron chi connectivity index (χ2n) is 6.54. The number of hydrogen-bond donors (Lipinski definition) is 1. The Bertz CT molecular complexity index is 706. The minimum atomic E-state index is -0.488. The molecule has 3 nitrogen and oxygen atoms in total. The van der Waals surface area contributed by atoms with E-state index in [9.17, 15) is 4.79 Å². The van der Waals surface area contributed by atoms with Crippen LogP contribution >= 0.6 is 0 Å². The maximum Gasteiger partial charge on any atom is 0.261 e. The van der Waals surface area contributed by atoms with Crippen molar-refractivity contribution >= 4 is 5.91 Å². The van der Waals surface area contributed by atoms with Gasteiger partial charge in [0.1, 0.15) is 5.75 Å². The van der Waals surface area contributed by atoms with Crippen molar-refractivity contribution in [1.82, 2.24) is 5.32 Å². The molecule has 25 heavy (non-hydrogen) atoms. The number of carbonyl (C=O) groups excluding carboxylic acids is 1. The van der Waals surface area contributed by atoms with Crippen molar-refractivity contribution in [2.24, 2.45) is 0 Å². The Hall–Kier alpha value is -2.29. The van der Waals surface area contributed by atoms with Crippen LogP contribution in [0, 0.1) is 13.8 Å². The van der Waals surface area contributed by atoms with E-state index in [-0.39, 0.29) is 11.9 Å². The molecule has 0 saturated carbocycles. The first-order valence-electron chi connectivity index (χ1n) is 9.08. The van der Waals surface area contributed by atoms with Gasteiger partial charge in [0.25, 0.3) is 5.91 Å².